The quantitative estimate of drug-likeness (QED) is 0.321. The summed E-state index contributed by atoms with van der Waals surface area (Å²) in [4.78, 5) is 0. The number of ether oxygens (including phenoxy) is 1. The molecule has 94 valence electrons. The van der Waals surface area contributed by atoms with Crippen molar-refractivity contribution in [2.45, 2.75) is 24.5 Å². The minimum Gasteiger partial charge on any atom is -0.394 e. The van der Waals surface area contributed by atoms with E-state index >= 15 is 0 Å². The van der Waals surface area contributed by atoms with Crippen LogP contribution in [-0.2, 0) is 4.74 Å². The van der Waals surface area contributed by atoms with Crippen LogP contribution >= 0.6 is 0 Å². The third-order valence-electron chi connectivity index (χ3n) is 2.84. The Hall–Kier alpha value is -1.41. The molecule has 0 unspecified atom stereocenters. The summed E-state index contributed by atoms with van der Waals surface area (Å²) in [7, 11) is 0. The number of hydrogen-bond donors (Lipinski definition) is 5. The minimum atomic E-state index is -1.13. The summed E-state index contributed by atoms with van der Waals surface area (Å²) in [6, 6.07) is 1.61. The predicted molar refractivity (Wildman–Crippen MR) is 58.5 cm³/mol. The summed E-state index contributed by atoms with van der Waals surface area (Å²) >= 11 is 0. The molecule has 0 bridgehead atoms. The maximum absolute atomic E-state index is 9.77. The van der Waals surface area contributed by atoms with Crippen LogP contribution in [0.4, 0.5) is 0 Å². The van der Waals surface area contributed by atoms with Crippen LogP contribution in [0.3, 0.4) is 0 Å². The van der Waals surface area contributed by atoms with Gasteiger partial charge in [-0.2, -0.15) is 0 Å². The molecule has 4 atom stereocenters. The fraction of sp³-hybridized carbons (Fsp3) is 0.500. The fourth-order valence-corrected chi connectivity index (χ4v) is 1.86. The predicted octanol–water partition coefficient (Wildman–Crippen LogP) is -1.62. The molecule has 7 nitrogen and oxygen atoms in total. The lowest BCUT2D eigenvalue weighted by molar-refractivity contribution is -0.0525. The Morgan fingerprint density at radius 2 is 2.18 bits per heavy atom. The third-order valence-corrected chi connectivity index (χ3v) is 2.84. The summed E-state index contributed by atoms with van der Waals surface area (Å²) in [6.07, 6.45) is -0.708. The molecule has 0 radical (unpaired) electrons. The van der Waals surface area contributed by atoms with Crippen molar-refractivity contribution >= 4 is 5.84 Å². The highest BCUT2D eigenvalue weighted by Crippen LogP contribution is 2.29. The van der Waals surface area contributed by atoms with Gasteiger partial charge >= 0.3 is 0 Å². The van der Waals surface area contributed by atoms with Gasteiger partial charge in [0.05, 0.1) is 6.61 Å². The Morgan fingerprint density at radius 3 is 2.65 bits per heavy atom. The van der Waals surface area contributed by atoms with Crippen molar-refractivity contribution in [1.82, 2.24) is 4.57 Å². The van der Waals surface area contributed by atoms with Gasteiger partial charge < -0.3 is 30.4 Å². The lowest BCUT2D eigenvalue weighted by Gasteiger charge is -2.16. The SMILES string of the molecule is N=C(N)c1ccn([C@@H]2O[C@H](CO)[C@@H](O)[C@H]2O)c1. The molecule has 7 heteroatoms. The molecule has 1 aromatic heterocycles. The largest absolute Gasteiger partial charge is 0.394 e. The Morgan fingerprint density at radius 1 is 1.47 bits per heavy atom. The van der Waals surface area contributed by atoms with E-state index in [4.69, 9.17) is 21.0 Å². The zero-order chi connectivity index (χ0) is 12.6. The zero-order valence-corrected chi connectivity index (χ0v) is 9.02. The van der Waals surface area contributed by atoms with Crippen molar-refractivity contribution in [3.8, 4) is 0 Å². The molecule has 1 saturated heterocycles. The Bertz CT molecular complexity index is 419. The molecule has 0 aliphatic carbocycles. The van der Waals surface area contributed by atoms with E-state index in [0.717, 1.165) is 0 Å². The van der Waals surface area contributed by atoms with Crippen LogP contribution in [0.15, 0.2) is 18.5 Å². The van der Waals surface area contributed by atoms with Gasteiger partial charge in [0.1, 0.15) is 24.1 Å². The van der Waals surface area contributed by atoms with Gasteiger partial charge in [-0.25, -0.2) is 0 Å². The molecule has 0 saturated carbocycles. The maximum Gasteiger partial charge on any atom is 0.162 e. The van der Waals surface area contributed by atoms with Crippen LogP contribution in [0.2, 0.25) is 0 Å². The Kier molecular flexibility index (Phi) is 3.16. The van der Waals surface area contributed by atoms with E-state index in [0.29, 0.717) is 5.56 Å². The van der Waals surface area contributed by atoms with Crippen LogP contribution in [0, 0.1) is 5.41 Å². The zero-order valence-electron chi connectivity index (χ0n) is 9.02. The Labute approximate surface area is 97.6 Å². The second kappa shape index (κ2) is 4.46. The number of aromatic nitrogens is 1. The first-order chi connectivity index (χ1) is 8.04. The number of rotatable bonds is 3. The molecule has 1 aromatic rings. The lowest BCUT2D eigenvalue weighted by atomic mass is 10.1. The van der Waals surface area contributed by atoms with Gasteiger partial charge in [-0.1, -0.05) is 0 Å². The van der Waals surface area contributed by atoms with Gasteiger partial charge in [0, 0.05) is 18.0 Å². The molecule has 0 amide bonds. The van der Waals surface area contributed by atoms with Crippen LogP contribution < -0.4 is 5.73 Å². The number of nitrogens with zero attached hydrogens (tertiary/aromatic N) is 1. The Balaban J connectivity index is 2.19. The molecule has 1 aliphatic heterocycles. The van der Waals surface area contributed by atoms with E-state index in [-0.39, 0.29) is 12.4 Å². The number of nitrogens with two attached hydrogens (primary N) is 1. The van der Waals surface area contributed by atoms with Gasteiger partial charge in [-0.05, 0) is 6.07 Å². The number of nitrogen functional groups attached to an aromatic ring is 1. The molecule has 1 aliphatic rings. The van der Waals surface area contributed by atoms with Crippen LogP contribution in [-0.4, -0.2) is 50.6 Å². The summed E-state index contributed by atoms with van der Waals surface area (Å²) in [5.74, 6) is -0.0875. The molecule has 1 fully saturated rings. The van der Waals surface area contributed by atoms with E-state index in [2.05, 4.69) is 0 Å². The summed E-state index contributed by atoms with van der Waals surface area (Å²) in [6.45, 7) is -0.366. The summed E-state index contributed by atoms with van der Waals surface area (Å²) < 4.78 is 6.83. The molecular weight excluding hydrogens is 226 g/mol. The monoisotopic (exact) mass is 241 g/mol. The van der Waals surface area contributed by atoms with Crippen LogP contribution in [0.25, 0.3) is 0 Å². The van der Waals surface area contributed by atoms with Crippen molar-refractivity contribution in [2.75, 3.05) is 6.61 Å². The second-order valence-electron chi connectivity index (χ2n) is 3.99. The molecule has 2 rings (SSSR count). The van der Waals surface area contributed by atoms with Crippen LogP contribution in [0.1, 0.15) is 11.8 Å². The van der Waals surface area contributed by atoms with E-state index in [1.807, 2.05) is 0 Å². The minimum absolute atomic E-state index is 0.0875. The van der Waals surface area contributed by atoms with Gasteiger partial charge in [0.25, 0.3) is 0 Å². The second-order valence-corrected chi connectivity index (χ2v) is 3.99. The first kappa shape index (κ1) is 12.1. The fourth-order valence-electron chi connectivity index (χ4n) is 1.86. The molecule has 0 aromatic carbocycles. The van der Waals surface area contributed by atoms with E-state index in [1.165, 1.54) is 4.57 Å². The van der Waals surface area contributed by atoms with Crippen molar-refractivity contribution in [3.05, 3.63) is 24.0 Å². The highest BCUT2D eigenvalue weighted by Gasteiger charge is 2.43. The van der Waals surface area contributed by atoms with Crippen LogP contribution in [0.5, 0.6) is 0 Å². The average molecular weight is 241 g/mol. The number of aliphatic hydroxyl groups is 3. The molecule has 6 N–H and O–H groups in total. The maximum atomic E-state index is 9.77. The smallest absolute Gasteiger partial charge is 0.162 e. The van der Waals surface area contributed by atoms with E-state index < -0.39 is 24.5 Å². The molecule has 2 heterocycles. The number of hydrogen-bond acceptors (Lipinski definition) is 5. The van der Waals surface area contributed by atoms with Crippen molar-refractivity contribution in [1.29, 1.82) is 5.41 Å². The normalized spacial score (nSPS) is 32.9. The van der Waals surface area contributed by atoms with E-state index in [9.17, 15) is 10.2 Å². The average Bonchev–Trinajstić information content (AvgIpc) is 2.87. The van der Waals surface area contributed by atoms with Crippen molar-refractivity contribution < 1.29 is 20.1 Å². The van der Waals surface area contributed by atoms with Gasteiger partial charge in [-0.15, -0.1) is 0 Å². The first-order valence-corrected chi connectivity index (χ1v) is 5.19. The van der Waals surface area contributed by atoms with Crippen molar-refractivity contribution in [3.63, 3.8) is 0 Å². The lowest BCUT2D eigenvalue weighted by Crippen LogP contribution is -2.33. The third kappa shape index (κ3) is 2.05. The topological polar surface area (TPSA) is 125 Å². The van der Waals surface area contributed by atoms with Crippen molar-refractivity contribution in [2.24, 2.45) is 5.73 Å². The first-order valence-electron chi connectivity index (χ1n) is 5.19. The molecule has 0 spiro atoms. The number of nitrogens with one attached hydrogen (secondary N) is 1. The van der Waals surface area contributed by atoms with E-state index in [1.54, 1.807) is 18.5 Å². The number of amidine groups is 1. The summed E-state index contributed by atoms with van der Waals surface area (Å²) in [5, 5.41) is 35.6. The highest BCUT2D eigenvalue weighted by molar-refractivity contribution is 5.94. The molecule has 17 heavy (non-hydrogen) atoms. The van der Waals surface area contributed by atoms with Gasteiger partial charge in [-0.3, -0.25) is 5.41 Å². The van der Waals surface area contributed by atoms with Gasteiger partial charge in [0.2, 0.25) is 0 Å². The standard InChI is InChI=1S/C10H15N3O4/c11-9(12)5-1-2-13(3-5)10-8(16)7(15)6(4-14)17-10/h1-3,6-8,10,14-16H,4H2,(H3,11,12)/t6-,7-,8-,10-/m1/s1. The number of aliphatic hydroxyl groups excluding tert-OH is 3. The highest BCUT2D eigenvalue weighted by atomic mass is 16.6. The summed E-state index contributed by atoms with van der Waals surface area (Å²) in [5.41, 5.74) is 5.82. The molecular formula is C10H15N3O4. The van der Waals surface area contributed by atoms with Gasteiger partial charge in [0.15, 0.2) is 6.23 Å².